The van der Waals surface area contributed by atoms with Gasteiger partial charge in [0.1, 0.15) is 0 Å². The Labute approximate surface area is 134 Å². The Morgan fingerprint density at radius 2 is 1.96 bits per heavy atom. The van der Waals surface area contributed by atoms with Gasteiger partial charge in [0, 0.05) is 50.3 Å². The summed E-state index contributed by atoms with van der Waals surface area (Å²) in [6.45, 7) is 6.64. The summed E-state index contributed by atoms with van der Waals surface area (Å²) in [7, 11) is 0. The molecule has 0 radical (unpaired) electrons. The third kappa shape index (κ3) is 3.54. The number of rotatable bonds is 5. The highest BCUT2D eigenvalue weighted by Gasteiger charge is 2.37. The van der Waals surface area contributed by atoms with E-state index in [4.69, 9.17) is 0 Å². The molecule has 8 nitrogen and oxygen atoms in total. The molecular weight excluding hydrogens is 302 g/mol. The second kappa shape index (κ2) is 6.69. The third-order valence-electron chi connectivity index (χ3n) is 4.27. The monoisotopic (exact) mass is 325 g/mol. The van der Waals surface area contributed by atoms with Crippen LogP contribution in [0.5, 0.6) is 11.5 Å². The van der Waals surface area contributed by atoms with Gasteiger partial charge in [0.15, 0.2) is 5.75 Å². The summed E-state index contributed by atoms with van der Waals surface area (Å²) in [6.07, 6.45) is 0. The number of hydrogen-bond donors (Lipinski definition) is 4. The average molecular weight is 325 g/mol. The van der Waals surface area contributed by atoms with Crippen molar-refractivity contribution in [3.8, 4) is 11.5 Å². The highest BCUT2D eigenvalue weighted by Crippen LogP contribution is 2.44. The number of nitrogens with zero attached hydrogens (tertiary/aromatic N) is 2. The second-order valence-corrected chi connectivity index (χ2v) is 6.50. The van der Waals surface area contributed by atoms with Crippen LogP contribution in [0.3, 0.4) is 0 Å². The fraction of sp³-hybridized carbons (Fsp3) is 0.600. The van der Waals surface area contributed by atoms with Gasteiger partial charge in [0.25, 0.3) is 0 Å². The van der Waals surface area contributed by atoms with Crippen molar-refractivity contribution in [1.82, 2.24) is 10.2 Å². The Bertz CT molecular complexity index is 585. The first-order valence-electron chi connectivity index (χ1n) is 7.54. The number of nitro benzene ring substituents is 1. The van der Waals surface area contributed by atoms with E-state index in [1.807, 2.05) is 13.8 Å². The van der Waals surface area contributed by atoms with Crippen LogP contribution in [0.2, 0.25) is 0 Å². The zero-order valence-electron chi connectivity index (χ0n) is 13.3. The molecular formula is C15H23N3O5. The standard InChI is InChI=1S/C15H23N3O5/c1-15(2,9-19)14(17-5-3-16-4-6-17)10-7-11(18(22)23)13(21)12(20)8-10/h7-8,14,16,19-21H,3-6,9H2,1-2H3/t14-/m1/s1. The number of aromatic hydroxyl groups is 2. The minimum absolute atomic E-state index is 0.114. The minimum Gasteiger partial charge on any atom is -0.504 e. The Hall–Kier alpha value is -1.90. The summed E-state index contributed by atoms with van der Waals surface area (Å²) in [4.78, 5) is 12.5. The van der Waals surface area contributed by atoms with Crippen molar-refractivity contribution >= 4 is 5.69 Å². The van der Waals surface area contributed by atoms with Crippen molar-refractivity contribution in [3.63, 3.8) is 0 Å². The molecule has 1 aliphatic heterocycles. The van der Waals surface area contributed by atoms with Crippen LogP contribution in [-0.4, -0.2) is 57.9 Å². The van der Waals surface area contributed by atoms with Gasteiger partial charge in [-0.15, -0.1) is 0 Å². The van der Waals surface area contributed by atoms with Gasteiger partial charge in [-0.05, 0) is 11.6 Å². The first-order chi connectivity index (χ1) is 10.8. The Morgan fingerprint density at radius 1 is 1.35 bits per heavy atom. The molecule has 4 N–H and O–H groups in total. The summed E-state index contributed by atoms with van der Waals surface area (Å²) in [5.41, 5.74) is -0.601. The summed E-state index contributed by atoms with van der Waals surface area (Å²) < 4.78 is 0. The molecule has 1 heterocycles. The van der Waals surface area contributed by atoms with Crippen molar-refractivity contribution < 1.29 is 20.2 Å². The molecule has 0 amide bonds. The summed E-state index contributed by atoms with van der Waals surface area (Å²) in [5.74, 6) is -1.26. The van der Waals surface area contributed by atoms with Crippen molar-refractivity contribution in [1.29, 1.82) is 0 Å². The second-order valence-electron chi connectivity index (χ2n) is 6.50. The molecule has 8 heteroatoms. The van der Waals surface area contributed by atoms with E-state index in [1.54, 1.807) is 0 Å². The lowest BCUT2D eigenvalue weighted by Crippen LogP contribution is -2.49. The quantitative estimate of drug-likeness (QED) is 0.362. The molecule has 1 atom stereocenters. The number of phenolic OH excluding ortho intramolecular Hbond substituents is 2. The predicted molar refractivity (Wildman–Crippen MR) is 84.5 cm³/mol. The molecule has 1 fully saturated rings. The minimum atomic E-state index is -0.736. The van der Waals surface area contributed by atoms with Gasteiger partial charge in [0.2, 0.25) is 5.75 Å². The smallest absolute Gasteiger partial charge is 0.314 e. The van der Waals surface area contributed by atoms with Crippen molar-refractivity contribution in [2.45, 2.75) is 19.9 Å². The molecule has 0 aliphatic carbocycles. The summed E-state index contributed by atoms with van der Waals surface area (Å²) >= 11 is 0. The van der Waals surface area contributed by atoms with Crippen molar-refractivity contribution in [2.24, 2.45) is 5.41 Å². The number of piperazine rings is 1. The number of hydrogen-bond acceptors (Lipinski definition) is 7. The topological polar surface area (TPSA) is 119 Å². The van der Waals surface area contributed by atoms with Crippen molar-refractivity contribution in [2.75, 3.05) is 32.8 Å². The van der Waals surface area contributed by atoms with Gasteiger partial charge in [-0.1, -0.05) is 13.8 Å². The SMILES string of the molecule is CC(C)(CO)[C@@H](c1cc(O)c(O)c([N+](=O)[O-])c1)N1CCNCC1. The van der Waals surface area contributed by atoms with Crippen LogP contribution in [0.4, 0.5) is 5.69 Å². The maximum absolute atomic E-state index is 11.1. The van der Waals surface area contributed by atoms with E-state index >= 15 is 0 Å². The zero-order valence-corrected chi connectivity index (χ0v) is 13.3. The number of aliphatic hydroxyl groups excluding tert-OH is 1. The fourth-order valence-electron chi connectivity index (χ4n) is 3.11. The Kier molecular flexibility index (Phi) is 5.08. The number of aliphatic hydroxyl groups is 1. The van der Waals surface area contributed by atoms with Crippen LogP contribution in [-0.2, 0) is 0 Å². The predicted octanol–water partition coefficient (Wildman–Crippen LogP) is 0.971. The molecule has 1 aliphatic rings. The van der Waals surface area contributed by atoms with E-state index in [0.717, 1.165) is 26.2 Å². The first kappa shape index (κ1) is 17.5. The maximum Gasteiger partial charge on any atom is 0.314 e. The van der Waals surface area contributed by atoms with Gasteiger partial charge in [-0.3, -0.25) is 15.0 Å². The Balaban J connectivity index is 2.52. The molecule has 1 aromatic rings. The Morgan fingerprint density at radius 3 is 2.48 bits per heavy atom. The lowest BCUT2D eigenvalue weighted by atomic mass is 9.79. The van der Waals surface area contributed by atoms with Crippen LogP contribution in [0.15, 0.2) is 12.1 Å². The number of nitrogens with one attached hydrogen (secondary N) is 1. The van der Waals surface area contributed by atoms with E-state index in [2.05, 4.69) is 10.2 Å². The molecule has 1 aromatic carbocycles. The molecule has 0 unspecified atom stereocenters. The number of benzene rings is 1. The number of nitro groups is 1. The molecule has 23 heavy (non-hydrogen) atoms. The zero-order chi connectivity index (χ0) is 17.2. The van der Waals surface area contributed by atoms with Crippen LogP contribution in [0.1, 0.15) is 25.5 Å². The van der Waals surface area contributed by atoms with Crippen LogP contribution < -0.4 is 5.32 Å². The van der Waals surface area contributed by atoms with Gasteiger partial charge < -0.3 is 20.6 Å². The van der Waals surface area contributed by atoms with E-state index in [-0.39, 0.29) is 12.6 Å². The van der Waals surface area contributed by atoms with Crippen LogP contribution in [0.25, 0.3) is 0 Å². The van der Waals surface area contributed by atoms with Gasteiger partial charge in [0.05, 0.1) is 4.92 Å². The van der Waals surface area contributed by atoms with Crippen LogP contribution in [0, 0.1) is 15.5 Å². The summed E-state index contributed by atoms with van der Waals surface area (Å²) in [5, 5.41) is 43.7. The number of phenols is 2. The maximum atomic E-state index is 11.1. The highest BCUT2D eigenvalue weighted by molar-refractivity contribution is 5.57. The highest BCUT2D eigenvalue weighted by atomic mass is 16.6. The van der Waals surface area contributed by atoms with Gasteiger partial charge in [-0.2, -0.15) is 0 Å². The van der Waals surface area contributed by atoms with Gasteiger partial charge in [-0.25, -0.2) is 0 Å². The van der Waals surface area contributed by atoms with Crippen molar-refractivity contribution in [3.05, 3.63) is 27.8 Å². The lowest BCUT2D eigenvalue weighted by molar-refractivity contribution is -0.386. The molecule has 2 rings (SSSR count). The normalized spacial score (nSPS) is 17.9. The lowest BCUT2D eigenvalue weighted by Gasteiger charge is -2.43. The molecule has 0 aromatic heterocycles. The third-order valence-corrected chi connectivity index (χ3v) is 4.27. The first-order valence-corrected chi connectivity index (χ1v) is 7.54. The van der Waals surface area contributed by atoms with E-state index in [0.29, 0.717) is 5.56 Å². The fourth-order valence-corrected chi connectivity index (χ4v) is 3.11. The van der Waals surface area contributed by atoms with E-state index < -0.39 is 27.5 Å². The molecule has 0 spiro atoms. The molecule has 0 bridgehead atoms. The van der Waals surface area contributed by atoms with E-state index in [1.165, 1.54) is 12.1 Å². The van der Waals surface area contributed by atoms with E-state index in [9.17, 15) is 25.4 Å². The van der Waals surface area contributed by atoms with Gasteiger partial charge >= 0.3 is 5.69 Å². The van der Waals surface area contributed by atoms with Crippen LogP contribution >= 0.6 is 0 Å². The molecule has 0 saturated carbocycles. The molecule has 128 valence electrons. The summed E-state index contributed by atoms with van der Waals surface area (Å²) in [6, 6.07) is 2.30. The molecule has 1 saturated heterocycles. The average Bonchev–Trinajstić information content (AvgIpc) is 2.51. The largest absolute Gasteiger partial charge is 0.504 e.